The summed E-state index contributed by atoms with van der Waals surface area (Å²) in [6, 6.07) is 8.04. The molecular formula is C14H20O3. The molecule has 0 spiro atoms. The summed E-state index contributed by atoms with van der Waals surface area (Å²) in [5, 5.41) is 9.52. The number of ether oxygens (including phenoxy) is 1. The average molecular weight is 236 g/mol. The van der Waals surface area contributed by atoms with Crippen molar-refractivity contribution in [1.29, 1.82) is 0 Å². The summed E-state index contributed by atoms with van der Waals surface area (Å²) >= 11 is 0. The molecule has 3 nitrogen and oxygen atoms in total. The van der Waals surface area contributed by atoms with Crippen LogP contribution in [0.2, 0.25) is 0 Å². The van der Waals surface area contributed by atoms with E-state index in [0.717, 1.165) is 5.56 Å². The molecule has 17 heavy (non-hydrogen) atoms. The number of hydrogen-bond donors (Lipinski definition) is 1. The van der Waals surface area contributed by atoms with Crippen LogP contribution in [-0.2, 0) is 9.53 Å². The van der Waals surface area contributed by atoms with E-state index in [0.29, 0.717) is 12.8 Å². The molecule has 0 radical (unpaired) electrons. The van der Waals surface area contributed by atoms with Crippen LogP contribution in [0.1, 0.15) is 36.8 Å². The zero-order chi connectivity index (χ0) is 12.8. The van der Waals surface area contributed by atoms with Crippen molar-refractivity contribution in [3.8, 4) is 0 Å². The predicted octanol–water partition coefficient (Wildman–Crippen LogP) is 2.41. The summed E-state index contributed by atoms with van der Waals surface area (Å²) in [6.45, 7) is 3.59. The highest BCUT2D eigenvalue weighted by Gasteiger charge is 2.17. The third kappa shape index (κ3) is 4.67. The molecule has 3 heteroatoms. The van der Waals surface area contributed by atoms with Crippen LogP contribution in [0.15, 0.2) is 24.3 Å². The van der Waals surface area contributed by atoms with Crippen LogP contribution in [0.5, 0.6) is 0 Å². The van der Waals surface area contributed by atoms with Crippen molar-refractivity contribution in [2.45, 2.75) is 38.9 Å². The van der Waals surface area contributed by atoms with E-state index < -0.39 is 6.29 Å². The van der Waals surface area contributed by atoms with Crippen molar-refractivity contribution in [3.05, 3.63) is 35.4 Å². The number of hydrogen-bond acceptors (Lipinski definition) is 3. The molecule has 94 valence electrons. The highest BCUT2D eigenvalue weighted by atomic mass is 16.6. The van der Waals surface area contributed by atoms with Gasteiger partial charge in [-0.15, -0.1) is 0 Å². The number of aliphatic hydroxyl groups is 1. The largest absolute Gasteiger partial charge is 0.368 e. The lowest BCUT2D eigenvalue weighted by atomic mass is 9.90. The fourth-order valence-electron chi connectivity index (χ4n) is 1.86. The van der Waals surface area contributed by atoms with Crippen LogP contribution in [-0.4, -0.2) is 24.3 Å². The van der Waals surface area contributed by atoms with Gasteiger partial charge in [0.2, 0.25) is 0 Å². The van der Waals surface area contributed by atoms with E-state index in [2.05, 4.69) is 0 Å². The SMILES string of the molecule is COC(O)CC(CC(C)=O)c1ccc(C)cc1. The molecule has 0 aliphatic rings. The van der Waals surface area contributed by atoms with Gasteiger partial charge in [-0.1, -0.05) is 29.8 Å². The molecule has 0 aromatic heterocycles. The van der Waals surface area contributed by atoms with E-state index in [1.807, 2.05) is 31.2 Å². The summed E-state index contributed by atoms with van der Waals surface area (Å²) < 4.78 is 4.85. The number of ketones is 1. The number of methoxy groups -OCH3 is 1. The molecule has 0 aliphatic heterocycles. The second kappa shape index (κ2) is 6.52. The maximum atomic E-state index is 11.2. The van der Waals surface area contributed by atoms with Crippen molar-refractivity contribution >= 4 is 5.78 Å². The summed E-state index contributed by atoms with van der Waals surface area (Å²) in [6.07, 6.45) is 0.0588. The Morgan fingerprint density at radius 3 is 2.41 bits per heavy atom. The fraction of sp³-hybridized carbons (Fsp3) is 0.500. The van der Waals surface area contributed by atoms with Gasteiger partial charge >= 0.3 is 0 Å². The standard InChI is InChI=1S/C14H20O3/c1-10-4-6-12(7-5-10)13(8-11(2)15)9-14(16)17-3/h4-7,13-14,16H,8-9H2,1-3H3. The monoisotopic (exact) mass is 236 g/mol. The zero-order valence-electron chi connectivity index (χ0n) is 10.6. The molecule has 1 aromatic rings. The van der Waals surface area contributed by atoms with Crippen molar-refractivity contribution in [1.82, 2.24) is 0 Å². The van der Waals surface area contributed by atoms with Crippen LogP contribution in [0.3, 0.4) is 0 Å². The molecule has 0 saturated heterocycles. The van der Waals surface area contributed by atoms with Crippen LogP contribution >= 0.6 is 0 Å². The van der Waals surface area contributed by atoms with Gasteiger partial charge in [-0.2, -0.15) is 0 Å². The molecule has 1 rings (SSSR count). The molecule has 0 bridgehead atoms. The van der Waals surface area contributed by atoms with E-state index in [9.17, 15) is 9.90 Å². The molecule has 0 saturated carbocycles. The lowest BCUT2D eigenvalue weighted by molar-refractivity contribution is -0.118. The number of benzene rings is 1. The van der Waals surface area contributed by atoms with Gasteiger partial charge in [0.15, 0.2) is 6.29 Å². The number of carbonyl (C=O) groups is 1. The van der Waals surface area contributed by atoms with Crippen molar-refractivity contribution in [2.24, 2.45) is 0 Å². The molecule has 0 amide bonds. The Balaban J connectivity index is 2.81. The Morgan fingerprint density at radius 2 is 1.94 bits per heavy atom. The molecule has 2 unspecified atom stereocenters. The Hall–Kier alpha value is -1.19. The van der Waals surface area contributed by atoms with Gasteiger partial charge in [-0.05, 0) is 25.3 Å². The minimum absolute atomic E-state index is 0.0167. The van der Waals surface area contributed by atoms with E-state index in [1.54, 1.807) is 6.92 Å². The highest BCUT2D eigenvalue weighted by Crippen LogP contribution is 2.25. The number of carbonyl (C=O) groups excluding carboxylic acids is 1. The molecule has 0 heterocycles. The van der Waals surface area contributed by atoms with Gasteiger partial charge in [0.25, 0.3) is 0 Å². The third-order valence-electron chi connectivity index (χ3n) is 2.84. The van der Waals surface area contributed by atoms with Gasteiger partial charge in [0.1, 0.15) is 5.78 Å². The van der Waals surface area contributed by atoms with Crippen LogP contribution in [0.4, 0.5) is 0 Å². The molecule has 1 N–H and O–H groups in total. The van der Waals surface area contributed by atoms with Crippen molar-refractivity contribution < 1.29 is 14.6 Å². The third-order valence-corrected chi connectivity index (χ3v) is 2.84. The van der Waals surface area contributed by atoms with E-state index in [-0.39, 0.29) is 11.7 Å². The number of aliphatic hydroxyl groups excluding tert-OH is 1. The van der Waals surface area contributed by atoms with Gasteiger partial charge in [0.05, 0.1) is 0 Å². The van der Waals surface area contributed by atoms with Crippen LogP contribution in [0.25, 0.3) is 0 Å². The second-order valence-corrected chi connectivity index (χ2v) is 4.44. The molecule has 0 aliphatic carbocycles. The Morgan fingerprint density at radius 1 is 1.35 bits per heavy atom. The quantitative estimate of drug-likeness (QED) is 0.771. The lowest BCUT2D eigenvalue weighted by Crippen LogP contribution is -2.16. The topological polar surface area (TPSA) is 46.5 Å². The zero-order valence-corrected chi connectivity index (χ0v) is 10.6. The first kappa shape index (κ1) is 13.9. The van der Waals surface area contributed by atoms with Gasteiger partial charge in [0, 0.05) is 20.0 Å². The summed E-state index contributed by atoms with van der Waals surface area (Å²) in [5.74, 6) is 0.141. The second-order valence-electron chi connectivity index (χ2n) is 4.44. The first-order chi connectivity index (χ1) is 8.02. The first-order valence-corrected chi connectivity index (χ1v) is 5.79. The molecular weight excluding hydrogens is 216 g/mol. The van der Waals surface area contributed by atoms with Crippen LogP contribution in [0, 0.1) is 6.92 Å². The average Bonchev–Trinajstić information content (AvgIpc) is 2.28. The summed E-state index contributed by atoms with van der Waals surface area (Å²) in [7, 11) is 1.46. The maximum absolute atomic E-state index is 11.2. The Bertz CT molecular complexity index is 356. The first-order valence-electron chi connectivity index (χ1n) is 5.79. The van der Waals surface area contributed by atoms with E-state index >= 15 is 0 Å². The Labute approximate surface area is 102 Å². The summed E-state index contributed by atoms with van der Waals surface area (Å²) in [5.41, 5.74) is 2.25. The van der Waals surface area contributed by atoms with Gasteiger partial charge < -0.3 is 14.6 Å². The van der Waals surface area contributed by atoms with Crippen molar-refractivity contribution in [3.63, 3.8) is 0 Å². The minimum Gasteiger partial charge on any atom is -0.368 e. The van der Waals surface area contributed by atoms with Gasteiger partial charge in [-0.25, -0.2) is 0 Å². The lowest BCUT2D eigenvalue weighted by Gasteiger charge is -2.19. The molecule has 0 fully saturated rings. The van der Waals surface area contributed by atoms with E-state index in [1.165, 1.54) is 12.7 Å². The van der Waals surface area contributed by atoms with Gasteiger partial charge in [-0.3, -0.25) is 0 Å². The Kier molecular flexibility index (Phi) is 5.32. The number of aryl methyl sites for hydroxylation is 1. The number of rotatable bonds is 6. The smallest absolute Gasteiger partial charge is 0.154 e. The normalized spacial score (nSPS) is 14.4. The highest BCUT2D eigenvalue weighted by molar-refractivity contribution is 5.76. The number of Topliss-reactive ketones (excluding diaryl/α,β-unsaturated/α-hetero) is 1. The van der Waals surface area contributed by atoms with Crippen LogP contribution < -0.4 is 0 Å². The molecule has 1 aromatic carbocycles. The summed E-state index contributed by atoms with van der Waals surface area (Å²) in [4.78, 5) is 11.2. The van der Waals surface area contributed by atoms with Crippen molar-refractivity contribution in [2.75, 3.05) is 7.11 Å². The maximum Gasteiger partial charge on any atom is 0.154 e. The predicted molar refractivity (Wildman–Crippen MR) is 66.9 cm³/mol. The molecule has 2 atom stereocenters. The van der Waals surface area contributed by atoms with E-state index in [4.69, 9.17) is 4.74 Å². The fourth-order valence-corrected chi connectivity index (χ4v) is 1.86. The minimum atomic E-state index is -0.819.